The van der Waals surface area contributed by atoms with Crippen molar-refractivity contribution in [2.45, 2.75) is 6.92 Å². The molecular weight excluding hydrogens is 269 g/mol. The molecule has 3 rings (SSSR count). The van der Waals surface area contributed by atoms with E-state index >= 15 is 0 Å². The Morgan fingerprint density at radius 3 is 2.57 bits per heavy atom. The molecular formula is C17H14FNO2. The second-order valence-corrected chi connectivity index (χ2v) is 5.17. The van der Waals surface area contributed by atoms with Crippen LogP contribution in [0, 0.1) is 12.7 Å². The molecule has 2 aromatic carbocycles. The summed E-state index contributed by atoms with van der Waals surface area (Å²) >= 11 is 0. The maximum absolute atomic E-state index is 14.2. The van der Waals surface area contributed by atoms with Gasteiger partial charge in [0.1, 0.15) is 5.82 Å². The number of aromatic nitrogens is 1. The van der Waals surface area contributed by atoms with E-state index in [0.29, 0.717) is 5.56 Å². The summed E-state index contributed by atoms with van der Waals surface area (Å²) in [4.78, 5) is 11.1. The first-order valence-electron chi connectivity index (χ1n) is 6.56. The van der Waals surface area contributed by atoms with E-state index in [2.05, 4.69) is 0 Å². The third-order valence-corrected chi connectivity index (χ3v) is 3.65. The Balaban J connectivity index is 2.27. The molecule has 1 heterocycles. The van der Waals surface area contributed by atoms with Crippen LogP contribution in [0.15, 0.2) is 42.6 Å². The van der Waals surface area contributed by atoms with Crippen LogP contribution in [0.3, 0.4) is 0 Å². The van der Waals surface area contributed by atoms with E-state index in [1.807, 2.05) is 30.8 Å². The molecule has 0 saturated carbocycles. The third kappa shape index (κ3) is 2.18. The molecule has 0 aliphatic carbocycles. The molecule has 1 N–H and O–H groups in total. The number of nitrogens with zero attached hydrogens (tertiary/aromatic N) is 1. The van der Waals surface area contributed by atoms with E-state index in [4.69, 9.17) is 5.11 Å². The Morgan fingerprint density at radius 2 is 1.90 bits per heavy atom. The lowest BCUT2D eigenvalue weighted by atomic mass is 10.0. The van der Waals surface area contributed by atoms with Gasteiger partial charge in [0.15, 0.2) is 0 Å². The van der Waals surface area contributed by atoms with Gasteiger partial charge < -0.3 is 9.67 Å². The quantitative estimate of drug-likeness (QED) is 0.772. The zero-order valence-corrected chi connectivity index (χ0v) is 11.7. The smallest absolute Gasteiger partial charge is 0.335 e. The zero-order valence-electron chi connectivity index (χ0n) is 11.7. The molecule has 0 bridgehead atoms. The van der Waals surface area contributed by atoms with Gasteiger partial charge >= 0.3 is 5.97 Å². The second-order valence-electron chi connectivity index (χ2n) is 5.17. The van der Waals surface area contributed by atoms with Crippen molar-refractivity contribution in [3.63, 3.8) is 0 Å². The number of hydrogen-bond donors (Lipinski definition) is 1. The van der Waals surface area contributed by atoms with Gasteiger partial charge in [-0.15, -0.1) is 0 Å². The number of rotatable bonds is 2. The Morgan fingerprint density at radius 1 is 1.14 bits per heavy atom. The van der Waals surface area contributed by atoms with Crippen LogP contribution in [-0.2, 0) is 7.05 Å². The van der Waals surface area contributed by atoms with Gasteiger partial charge in [-0.2, -0.15) is 0 Å². The zero-order chi connectivity index (χ0) is 15.1. The summed E-state index contributed by atoms with van der Waals surface area (Å²) in [7, 11) is 1.82. The van der Waals surface area contributed by atoms with E-state index in [0.717, 1.165) is 22.0 Å². The van der Waals surface area contributed by atoms with Crippen LogP contribution in [0.4, 0.5) is 4.39 Å². The van der Waals surface area contributed by atoms with Gasteiger partial charge in [0, 0.05) is 35.3 Å². The number of carbonyl (C=O) groups is 1. The van der Waals surface area contributed by atoms with Crippen LogP contribution in [0.1, 0.15) is 15.9 Å². The second kappa shape index (κ2) is 4.74. The minimum Gasteiger partial charge on any atom is -0.478 e. The number of fused-ring (bicyclic) bond motifs is 1. The maximum Gasteiger partial charge on any atom is 0.335 e. The van der Waals surface area contributed by atoms with Gasteiger partial charge in [-0.3, -0.25) is 0 Å². The lowest BCUT2D eigenvalue weighted by molar-refractivity contribution is 0.0697. The lowest BCUT2D eigenvalue weighted by Crippen LogP contribution is -1.96. The molecule has 0 atom stereocenters. The molecule has 0 spiro atoms. The Hall–Kier alpha value is -2.62. The number of carboxylic acid groups (broad SMARTS) is 1. The Kier molecular flexibility index (Phi) is 3.01. The van der Waals surface area contributed by atoms with Crippen molar-refractivity contribution in [2.24, 2.45) is 7.05 Å². The van der Waals surface area contributed by atoms with Gasteiger partial charge in [0.25, 0.3) is 0 Å². The molecule has 106 valence electrons. The van der Waals surface area contributed by atoms with Crippen molar-refractivity contribution in [1.29, 1.82) is 0 Å². The molecule has 3 nitrogen and oxygen atoms in total. The number of halogens is 1. The maximum atomic E-state index is 14.2. The number of aryl methyl sites for hydroxylation is 2. The molecule has 0 amide bonds. The normalized spacial score (nSPS) is 11.0. The van der Waals surface area contributed by atoms with Crippen LogP contribution in [-0.4, -0.2) is 15.6 Å². The Labute approximate surface area is 121 Å². The number of hydrogen-bond acceptors (Lipinski definition) is 1. The average molecular weight is 283 g/mol. The molecule has 1 aromatic heterocycles. The minimum absolute atomic E-state index is 0.222. The highest BCUT2D eigenvalue weighted by atomic mass is 19.1. The lowest BCUT2D eigenvalue weighted by Gasteiger charge is -2.03. The molecule has 0 aliphatic rings. The number of benzene rings is 2. The average Bonchev–Trinajstić information content (AvgIpc) is 2.75. The fourth-order valence-electron chi connectivity index (χ4n) is 2.57. The largest absolute Gasteiger partial charge is 0.478 e. The summed E-state index contributed by atoms with van der Waals surface area (Å²) in [5.41, 5.74) is 3.14. The number of carboxylic acids is 1. The monoisotopic (exact) mass is 283 g/mol. The first-order chi connectivity index (χ1) is 9.97. The van der Waals surface area contributed by atoms with Crippen LogP contribution in [0.25, 0.3) is 22.0 Å². The van der Waals surface area contributed by atoms with Crippen molar-refractivity contribution in [3.8, 4) is 11.1 Å². The fraction of sp³-hybridized carbons (Fsp3) is 0.118. The van der Waals surface area contributed by atoms with E-state index < -0.39 is 5.97 Å². The predicted molar refractivity (Wildman–Crippen MR) is 80.0 cm³/mol. The van der Waals surface area contributed by atoms with Crippen molar-refractivity contribution < 1.29 is 14.3 Å². The summed E-state index contributed by atoms with van der Waals surface area (Å²) in [5, 5.41) is 9.90. The van der Waals surface area contributed by atoms with Crippen molar-refractivity contribution in [2.75, 3.05) is 0 Å². The summed E-state index contributed by atoms with van der Waals surface area (Å²) in [6, 6.07) is 9.99. The highest BCUT2D eigenvalue weighted by Crippen LogP contribution is 2.32. The SMILES string of the molecule is Cc1ccc(-c2cn(C)c3cc(C(=O)O)ccc23)c(F)c1. The van der Waals surface area contributed by atoms with Gasteiger partial charge in [-0.25, -0.2) is 9.18 Å². The Bertz CT molecular complexity index is 865. The molecule has 0 aliphatic heterocycles. The van der Waals surface area contributed by atoms with E-state index in [1.54, 1.807) is 24.3 Å². The van der Waals surface area contributed by atoms with E-state index in [-0.39, 0.29) is 11.4 Å². The van der Waals surface area contributed by atoms with E-state index in [1.165, 1.54) is 6.07 Å². The van der Waals surface area contributed by atoms with Gasteiger partial charge in [0.2, 0.25) is 0 Å². The highest BCUT2D eigenvalue weighted by molar-refractivity contribution is 6.00. The first kappa shape index (κ1) is 13.4. The molecule has 0 unspecified atom stereocenters. The van der Waals surface area contributed by atoms with Crippen molar-refractivity contribution in [3.05, 3.63) is 59.5 Å². The van der Waals surface area contributed by atoms with Gasteiger partial charge in [-0.05, 0) is 30.7 Å². The van der Waals surface area contributed by atoms with Crippen LogP contribution >= 0.6 is 0 Å². The van der Waals surface area contributed by atoms with Crippen LogP contribution < -0.4 is 0 Å². The van der Waals surface area contributed by atoms with Gasteiger partial charge in [-0.1, -0.05) is 18.2 Å². The molecule has 4 heteroatoms. The minimum atomic E-state index is -0.971. The van der Waals surface area contributed by atoms with Gasteiger partial charge in [0.05, 0.1) is 5.56 Å². The molecule has 0 fully saturated rings. The van der Waals surface area contributed by atoms with E-state index in [9.17, 15) is 9.18 Å². The summed E-state index contributed by atoms with van der Waals surface area (Å²) in [6.45, 7) is 1.84. The standard InChI is InChI=1S/C17H14FNO2/c1-10-3-5-12(15(18)7-10)14-9-19(2)16-8-11(17(20)21)4-6-13(14)16/h3-9H,1-2H3,(H,20,21). The number of aromatic carboxylic acids is 1. The van der Waals surface area contributed by atoms with Crippen molar-refractivity contribution >= 4 is 16.9 Å². The molecule has 0 radical (unpaired) electrons. The summed E-state index contributed by atoms with van der Waals surface area (Å²) in [5.74, 6) is -1.24. The van der Waals surface area contributed by atoms with Crippen LogP contribution in [0.5, 0.6) is 0 Å². The van der Waals surface area contributed by atoms with Crippen molar-refractivity contribution in [1.82, 2.24) is 4.57 Å². The highest BCUT2D eigenvalue weighted by Gasteiger charge is 2.14. The molecule has 21 heavy (non-hydrogen) atoms. The molecule has 0 saturated heterocycles. The third-order valence-electron chi connectivity index (χ3n) is 3.65. The summed E-state index contributed by atoms with van der Waals surface area (Å²) in [6.07, 6.45) is 1.82. The predicted octanol–water partition coefficient (Wildman–Crippen LogP) is 3.99. The topological polar surface area (TPSA) is 42.2 Å². The molecule has 3 aromatic rings. The van der Waals surface area contributed by atoms with Crippen LogP contribution in [0.2, 0.25) is 0 Å². The summed E-state index contributed by atoms with van der Waals surface area (Å²) < 4.78 is 16.0. The first-order valence-corrected chi connectivity index (χ1v) is 6.56. The fourth-order valence-corrected chi connectivity index (χ4v) is 2.57.